The van der Waals surface area contributed by atoms with Gasteiger partial charge in [-0.3, -0.25) is 4.79 Å². The molecule has 0 bridgehead atoms. The smallest absolute Gasteiger partial charge is 0.253 e. The van der Waals surface area contributed by atoms with Gasteiger partial charge in [0.2, 0.25) is 10.0 Å². The molecule has 1 amide bonds. The molecular weight excluding hydrogens is 382 g/mol. The first-order chi connectivity index (χ1) is 12.7. The van der Waals surface area contributed by atoms with Crippen LogP contribution in [0.3, 0.4) is 0 Å². The Hall–Kier alpha value is -1.77. The summed E-state index contributed by atoms with van der Waals surface area (Å²) in [5.41, 5.74) is 1.91. The molecule has 0 aliphatic carbocycles. The Morgan fingerprint density at radius 3 is 2.67 bits per heavy atom. The minimum atomic E-state index is -3.61. The van der Waals surface area contributed by atoms with E-state index in [9.17, 15) is 13.2 Å². The zero-order chi connectivity index (χ0) is 19.8. The predicted octanol–water partition coefficient (Wildman–Crippen LogP) is 3.03. The highest BCUT2D eigenvalue weighted by atomic mass is 32.2. The van der Waals surface area contributed by atoms with Crippen molar-refractivity contribution in [1.29, 1.82) is 0 Å². The molecule has 2 aromatic rings. The van der Waals surface area contributed by atoms with Crippen LogP contribution in [0.5, 0.6) is 0 Å². The van der Waals surface area contributed by atoms with E-state index in [0.717, 1.165) is 23.4 Å². The number of piperidine rings is 1. The van der Waals surface area contributed by atoms with E-state index in [2.05, 4.69) is 4.98 Å². The highest BCUT2D eigenvalue weighted by Gasteiger charge is 2.29. The van der Waals surface area contributed by atoms with E-state index in [4.69, 9.17) is 0 Å². The van der Waals surface area contributed by atoms with Crippen LogP contribution in [0.1, 0.15) is 45.3 Å². The van der Waals surface area contributed by atoms with Crippen molar-refractivity contribution in [2.45, 2.75) is 37.5 Å². The van der Waals surface area contributed by atoms with Crippen LogP contribution in [0.25, 0.3) is 0 Å². The standard InChI is InChI=1S/C19H25N3O3S2/c1-13-10-16(11-17(14(13)2)27(24,25)21(3)4)19(23)22-8-5-6-15(12-22)18-20-7-9-26-18/h7,9-11,15H,5-6,8,12H2,1-4H3. The van der Waals surface area contributed by atoms with Gasteiger partial charge in [-0.1, -0.05) is 0 Å². The van der Waals surface area contributed by atoms with Crippen LogP contribution in [0.4, 0.5) is 0 Å². The van der Waals surface area contributed by atoms with Gasteiger partial charge < -0.3 is 4.90 Å². The molecule has 1 aliphatic rings. The average molecular weight is 408 g/mol. The topological polar surface area (TPSA) is 70.6 Å². The predicted molar refractivity (Wildman–Crippen MR) is 107 cm³/mol. The highest BCUT2D eigenvalue weighted by molar-refractivity contribution is 7.89. The van der Waals surface area contributed by atoms with Crippen LogP contribution in [0, 0.1) is 13.8 Å². The Morgan fingerprint density at radius 2 is 2.04 bits per heavy atom. The maximum absolute atomic E-state index is 13.1. The molecule has 146 valence electrons. The number of aryl methyl sites for hydroxylation is 1. The zero-order valence-electron chi connectivity index (χ0n) is 16.1. The summed E-state index contributed by atoms with van der Waals surface area (Å²) in [6, 6.07) is 3.31. The summed E-state index contributed by atoms with van der Waals surface area (Å²) in [5.74, 6) is 0.133. The van der Waals surface area contributed by atoms with E-state index in [1.54, 1.807) is 30.5 Å². The maximum Gasteiger partial charge on any atom is 0.253 e. The van der Waals surface area contributed by atoms with Gasteiger partial charge in [-0.05, 0) is 49.9 Å². The number of benzene rings is 1. The van der Waals surface area contributed by atoms with Crippen molar-refractivity contribution < 1.29 is 13.2 Å². The monoisotopic (exact) mass is 407 g/mol. The van der Waals surface area contributed by atoms with Crippen molar-refractivity contribution in [3.63, 3.8) is 0 Å². The molecule has 6 nitrogen and oxygen atoms in total. The van der Waals surface area contributed by atoms with Gasteiger partial charge in [0, 0.05) is 50.2 Å². The van der Waals surface area contributed by atoms with Crippen LogP contribution < -0.4 is 0 Å². The largest absolute Gasteiger partial charge is 0.338 e. The molecule has 1 fully saturated rings. The third kappa shape index (κ3) is 3.93. The van der Waals surface area contributed by atoms with Crippen molar-refractivity contribution >= 4 is 27.3 Å². The molecule has 0 radical (unpaired) electrons. The van der Waals surface area contributed by atoms with Crippen molar-refractivity contribution in [2.75, 3.05) is 27.2 Å². The van der Waals surface area contributed by atoms with E-state index >= 15 is 0 Å². The molecule has 1 saturated heterocycles. The van der Waals surface area contributed by atoms with Crippen LogP contribution in [0.15, 0.2) is 28.6 Å². The van der Waals surface area contributed by atoms with Crippen LogP contribution in [-0.4, -0.2) is 55.7 Å². The van der Waals surface area contributed by atoms with Gasteiger partial charge in [-0.2, -0.15) is 0 Å². The summed E-state index contributed by atoms with van der Waals surface area (Å²) < 4.78 is 26.5. The minimum Gasteiger partial charge on any atom is -0.338 e. The van der Waals surface area contributed by atoms with Gasteiger partial charge in [0.25, 0.3) is 5.91 Å². The van der Waals surface area contributed by atoms with Gasteiger partial charge in [-0.15, -0.1) is 11.3 Å². The Balaban J connectivity index is 1.92. The summed E-state index contributed by atoms with van der Waals surface area (Å²) in [5, 5.41) is 3.01. The number of rotatable bonds is 4. The number of thiazole rings is 1. The zero-order valence-corrected chi connectivity index (χ0v) is 17.7. The second-order valence-electron chi connectivity index (χ2n) is 7.16. The lowest BCUT2D eigenvalue weighted by Gasteiger charge is -2.32. The van der Waals surface area contributed by atoms with Crippen molar-refractivity contribution in [3.05, 3.63) is 45.4 Å². The molecule has 0 saturated carbocycles. The Bertz CT molecular complexity index is 937. The fourth-order valence-corrected chi connectivity index (χ4v) is 5.38. The summed E-state index contributed by atoms with van der Waals surface area (Å²) in [6.45, 7) is 4.92. The van der Waals surface area contributed by atoms with E-state index in [0.29, 0.717) is 24.2 Å². The number of aromatic nitrogens is 1. The van der Waals surface area contributed by atoms with E-state index in [-0.39, 0.29) is 16.7 Å². The first-order valence-electron chi connectivity index (χ1n) is 8.94. The minimum absolute atomic E-state index is 0.116. The quantitative estimate of drug-likeness (QED) is 0.781. The Morgan fingerprint density at radius 1 is 1.30 bits per heavy atom. The number of hydrogen-bond acceptors (Lipinski definition) is 5. The Kier molecular flexibility index (Phi) is 5.69. The number of hydrogen-bond donors (Lipinski definition) is 0. The first kappa shape index (κ1) is 20.0. The molecule has 8 heteroatoms. The lowest BCUT2D eigenvalue weighted by molar-refractivity contribution is 0.0706. The third-order valence-electron chi connectivity index (χ3n) is 5.13. The third-order valence-corrected chi connectivity index (χ3v) is 8.01. The van der Waals surface area contributed by atoms with E-state index in [1.807, 2.05) is 17.2 Å². The Labute approximate surface area is 164 Å². The summed E-state index contributed by atoms with van der Waals surface area (Å²) in [7, 11) is -0.605. The molecular formula is C19H25N3O3S2. The van der Waals surface area contributed by atoms with Crippen LogP contribution in [0.2, 0.25) is 0 Å². The summed E-state index contributed by atoms with van der Waals surface area (Å²) in [6.07, 6.45) is 3.73. The average Bonchev–Trinajstić information content (AvgIpc) is 3.17. The second-order valence-corrected chi connectivity index (χ2v) is 10.2. The summed E-state index contributed by atoms with van der Waals surface area (Å²) >= 11 is 1.62. The van der Waals surface area contributed by atoms with Crippen molar-refractivity contribution in [3.8, 4) is 0 Å². The van der Waals surface area contributed by atoms with Crippen molar-refractivity contribution in [1.82, 2.24) is 14.2 Å². The van der Waals surface area contributed by atoms with Gasteiger partial charge in [0.15, 0.2) is 0 Å². The molecule has 2 heterocycles. The number of carbonyl (C=O) groups is 1. The first-order valence-corrected chi connectivity index (χ1v) is 11.3. The number of likely N-dealkylation sites (tertiary alicyclic amines) is 1. The number of carbonyl (C=O) groups excluding carboxylic acids is 1. The maximum atomic E-state index is 13.1. The molecule has 1 aromatic carbocycles. The van der Waals surface area contributed by atoms with Crippen molar-refractivity contribution in [2.24, 2.45) is 0 Å². The number of amides is 1. The molecule has 1 atom stereocenters. The molecule has 27 heavy (non-hydrogen) atoms. The molecule has 1 aromatic heterocycles. The SMILES string of the molecule is Cc1cc(C(=O)N2CCCC(c3nccs3)C2)cc(S(=O)(=O)N(C)C)c1C. The number of sulfonamides is 1. The van der Waals surface area contributed by atoms with E-state index < -0.39 is 10.0 Å². The van der Waals surface area contributed by atoms with Gasteiger partial charge >= 0.3 is 0 Å². The van der Waals surface area contributed by atoms with Gasteiger partial charge in [0.05, 0.1) is 9.90 Å². The molecule has 0 N–H and O–H groups in total. The lowest BCUT2D eigenvalue weighted by atomic mass is 9.97. The number of nitrogens with zero attached hydrogens (tertiary/aromatic N) is 3. The lowest BCUT2D eigenvalue weighted by Crippen LogP contribution is -2.39. The highest BCUT2D eigenvalue weighted by Crippen LogP contribution is 2.30. The molecule has 1 unspecified atom stereocenters. The van der Waals surface area contributed by atoms with Gasteiger partial charge in [-0.25, -0.2) is 17.7 Å². The summed E-state index contributed by atoms with van der Waals surface area (Å²) in [4.78, 5) is 19.5. The second kappa shape index (κ2) is 7.69. The normalized spacial score (nSPS) is 18.1. The molecule has 0 spiro atoms. The van der Waals surface area contributed by atoms with Crippen LogP contribution >= 0.6 is 11.3 Å². The molecule has 1 aliphatic heterocycles. The van der Waals surface area contributed by atoms with Crippen LogP contribution in [-0.2, 0) is 10.0 Å². The van der Waals surface area contributed by atoms with Gasteiger partial charge in [0.1, 0.15) is 0 Å². The fraction of sp³-hybridized carbons (Fsp3) is 0.474. The van der Waals surface area contributed by atoms with E-state index in [1.165, 1.54) is 24.5 Å². The molecule has 3 rings (SSSR count). The fourth-order valence-electron chi connectivity index (χ4n) is 3.40.